The van der Waals surface area contributed by atoms with Gasteiger partial charge in [-0.1, -0.05) is 19.3 Å². The van der Waals surface area contributed by atoms with Crippen LogP contribution in [-0.2, 0) is 14.3 Å². The van der Waals surface area contributed by atoms with Gasteiger partial charge >= 0.3 is 0 Å². The van der Waals surface area contributed by atoms with Crippen molar-refractivity contribution >= 4 is 5.91 Å². The standard InChI is InChI=1S/C14H26N2O3/c15-10-12-6-7-13(19-12)14(17)16-8-9-18-11-4-2-1-3-5-11/h11-13H,1-10,15H2,(H,16,17). The van der Waals surface area contributed by atoms with Crippen molar-refractivity contribution < 1.29 is 14.3 Å². The minimum Gasteiger partial charge on any atom is -0.376 e. The zero-order valence-electron chi connectivity index (χ0n) is 11.6. The largest absolute Gasteiger partial charge is 0.376 e. The molecule has 1 aliphatic heterocycles. The number of rotatable bonds is 6. The highest BCUT2D eigenvalue weighted by atomic mass is 16.5. The molecule has 2 aliphatic rings. The van der Waals surface area contributed by atoms with Crippen molar-refractivity contribution in [3.8, 4) is 0 Å². The molecule has 110 valence electrons. The molecule has 19 heavy (non-hydrogen) atoms. The van der Waals surface area contributed by atoms with Crippen LogP contribution >= 0.6 is 0 Å². The molecule has 0 aromatic heterocycles. The van der Waals surface area contributed by atoms with Gasteiger partial charge < -0.3 is 20.5 Å². The van der Waals surface area contributed by atoms with E-state index in [1.54, 1.807) is 0 Å². The maximum Gasteiger partial charge on any atom is 0.249 e. The van der Waals surface area contributed by atoms with Crippen LogP contribution in [-0.4, -0.2) is 43.9 Å². The SMILES string of the molecule is NCC1CCC(C(=O)NCCOC2CCCCC2)O1. The molecule has 0 spiro atoms. The van der Waals surface area contributed by atoms with Gasteiger partial charge in [0.25, 0.3) is 0 Å². The van der Waals surface area contributed by atoms with Gasteiger partial charge in [0.1, 0.15) is 6.10 Å². The van der Waals surface area contributed by atoms with E-state index in [0.717, 1.165) is 25.7 Å². The fourth-order valence-corrected chi connectivity index (χ4v) is 2.82. The summed E-state index contributed by atoms with van der Waals surface area (Å²) < 4.78 is 11.3. The number of carbonyl (C=O) groups excluding carboxylic acids is 1. The molecule has 0 aromatic rings. The van der Waals surface area contributed by atoms with Gasteiger partial charge in [-0.05, 0) is 25.7 Å². The Hall–Kier alpha value is -0.650. The molecule has 5 heteroatoms. The summed E-state index contributed by atoms with van der Waals surface area (Å²) in [6, 6.07) is 0. The van der Waals surface area contributed by atoms with Crippen molar-refractivity contribution in [2.45, 2.75) is 63.3 Å². The zero-order valence-corrected chi connectivity index (χ0v) is 11.6. The summed E-state index contributed by atoms with van der Waals surface area (Å²) in [5, 5.41) is 2.88. The lowest BCUT2D eigenvalue weighted by Crippen LogP contribution is -2.37. The Kier molecular flexibility index (Phi) is 6.07. The third-order valence-electron chi connectivity index (χ3n) is 3.97. The van der Waals surface area contributed by atoms with Crippen LogP contribution in [0.2, 0.25) is 0 Å². The Morgan fingerprint density at radius 1 is 1.21 bits per heavy atom. The van der Waals surface area contributed by atoms with Gasteiger partial charge in [-0.15, -0.1) is 0 Å². The van der Waals surface area contributed by atoms with Crippen molar-refractivity contribution in [1.82, 2.24) is 5.32 Å². The van der Waals surface area contributed by atoms with Crippen LogP contribution in [0.15, 0.2) is 0 Å². The van der Waals surface area contributed by atoms with Gasteiger partial charge in [0.2, 0.25) is 5.91 Å². The van der Waals surface area contributed by atoms with Crippen LogP contribution in [0, 0.1) is 0 Å². The molecular weight excluding hydrogens is 244 g/mol. The van der Waals surface area contributed by atoms with E-state index in [-0.39, 0.29) is 18.1 Å². The van der Waals surface area contributed by atoms with E-state index in [2.05, 4.69) is 5.32 Å². The Morgan fingerprint density at radius 2 is 2.00 bits per heavy atom. The van der Waals surface area contributed by atoms with Crippen molar-refractivity contribution in [3.63, 3.8) is 0 Å². The number of amides is 1. The molecule has 0 radical (unpaired) electrons. The van der Waals surface area contributed by atoms with Crippen molar-refractivity contribution in [2.24, 2.45) is 5.73 Å². The summed E-state index contributed by atoms with van der Waals surface area (Å²) in [6.07, 6.45) is 7.99. The van der Waals surface area contributed by atoms with E-state index in [1.165, 1.54) is 19.3 Å². The van der Waals surface area contributed by atoms with Crippen LogP contribution in [0.5, 0.6) is 0 Å². The highest BCUT2D eigenvalue weighted by molar-refractivity contribution is 5.80. The zero-order chi connectivity index (χ0) is 13.5. The van der Waals surface area contributed by atoms with Gasteiger partial charge in [-0.3, -0.25) is 4.79 Å². The van der Waals surface area contributed by atoms with Gasteiger partial charge in [0, 0.05) is 13.1 Å². The van der Waals surface area contributed by atoms with Gasteiger partial charge in [-0.2, -0.15) is 0 Å². The summed E-state index contributed by atoms with van der Waals surface area (Å²) in [5.41, 5.74) is 5.52. The molecule has 1 aliphatic carbocycles. The second-order valence-electron chi connectivity index (χ2n) is 5.48. The van der Waals surface area contributed by atoms with Crippen molar-refractivity contribution in [3.05, 3.63) is 0 Å². The second-order valence-corrected chi connectivity index (χ2v) is 5.48. The number of nitrogens with two attached hydrogens (primary N) is 1. The first-order valence-electron chi connectivity index (χ1n) is 7.54. The molecule has 2 unspecified atom stereocenters. The number of carbonyl (C=O) groups is 1. The minimum absolute atomic E-state index is 0.0248. The van der Waals surface area contributed by atoms with E-state index in [1.807, 2.05) is 0 Å². The molecule has 3 N–H and O–H groups in total. The normalized spacial score (nSPS) is 28.5. The molecule has 1 saturated heterocycles. The van der Waals surface area contributed by atoms with Gasteiger partial charge in [0.05, 0.1) is 18.8 Å². The number of hydrogen-bond acceptors (Lipinski definition) is 4. The Labute approximate surface area is 115 Å². The average Bonchev–Trinajstić information content (AvgIpc) is 2.93. The maximum absolute atomic E-state index is 11.8. The first-order valence-corrected chi connectivity index (χ1v) is 7.54. The van der Waals surface area contributed by atoms with Crippen LogP contribution < -0.4 is 11.1 Å². The minimum atomic E-state index is -0.316. The van der Waals surface area contributed by atoms with Crippen molar-refractivity contribution in [1.29, 1.82) is 0 Å². The monoisotopic (exact) mass is 270 g/mol. The molecule has 0 bridgehead atoms. The summed E-state index contributed by atoms with van der Waals surface area (Å²) in [5.74, 6) is -0.0248. The summed E-state index contributed by atoms with van der Waals surface area (Å²) in [7, 11) is 0. The van der Waals surface area contributed by atoms with E-state index in [9.17, 15) is 4.79 Å². The molecule has 5 nitrogen and oxygen atoms in total. The molecule has 1 saturated carbocycles. The predicted molar refractivity (Wildman–Crippen MR) is 72.8 cm³/mol. The fourth-order valence-electron chi connectivity index (χ4n) is 2.82. The van der Waals surface area contributed by atoms with Crippen molar-refractivity contribution in [2.75, 3.05) is 19.7 Å². The predicted octanol–water partition coefficient (Wildman–Crippen LogP) is 0.958. The number of ether oxygens (including phenoxy) is 2. The first kappa shape index (κ1) is 14.8. The van der Waals surface area contributed by atoms with Crippen LogP contribution in [0.1, 0.15) is 44.9 Å². The summed E-state index contributed by atoms with van der Waals surface area (Å²) >= 11 is 0. The molecular formula is C14H26N2O3. The maximum atomic E-state index is 11.8. The molecule has 2 fully saturated rings. The van der Waals surface area contributed by atoms with Crippen LogP contribution in [0.25, 0.3) is 0 Å². The number of hydrogen-bond donors (Lipinski definition) is 2. The highest BCUT2D eigenvalue weighted by Gasteiger charge is 2.29. The van der Waals surface area contributed by atoms with Crippen LogP contribution in [0.3, 0.4) is 0 Å². The second kappa shape index (κ2) is 7.82. The molecule has 2 atom stereocenters. The number of nitrogens with one attached hydrogen (secondary N) is 1. The molecule has 2 rings (SSSR count). The average molecular weight is 270 g/mol. The lowest BCUT2D eigenvalue weighted by molar-refractivity contribution is -0.132. The molecule has 0 aromatic carbocycles. The lowest BCUT2D eigenvalue weighted by atomic mass is 9.98. The lowest BCUT2D eigenvalue weighted by Gasteiger charge is -2.22. The first-order chi connectivity index (χ1) is 9.29. The molecule has 1 heterocycles. The smallest absolute Gasteiger partial charge is 0.249 e. The quantitative estimate of drug-likeness (QED) is 0.705. The Morgan fingerprint density at radius 3 is 2.68 bits per heavy atom. The van der Waals surface area contributed by atoms with E-state index < -0.39 is 0 Å². The molecule has 1 amide bonds. The Bertz CT molecular complexity index is 280. The third-order valence-corrected chi connectivity index (χ3v) is 3.97. The third kappa shape index (κ3) is 4.75. The van der Waals surface area contributed by atoms with Gasteiger partial charge in [-0.25, -0.2) is 0 Å². The Balaban J connectivity index is 1.54. The fraction of sp³-hybridized carbons (Fsp3) is 0.929. The van der Waals surface area contributed by atoms with E-state index >= 15 is 0 Å². The van der Waals surface area contributed by atoms with E-state index in [0.29, 0.717) is 25.8 Å². The summed E-state index contributed by atoms with van der Waals surface area (Å²) in [6.45, 7) is 1.67. The van der Waals surface area contributed by atoms with Crippen LogP contribution in [0.4, 0.5) is 0 Å². The topological polar surface area (TPSA) is 73.6 Å². The highest BCUT2D eigenvalue weighted by Crippen LogP contribution is 2.20. The van der Waals surface area contributed by atoms with E-state index in [4.69, 9.17) is 15.2 Å². The van der Waals surface area contributed by atoms with Gasteiger partial charge in [0.15, 0.2) is 0 Å². The summed E-state index contributed by atoms with van der Waals surface area (Å²) in [4.78, 5) is 11.8.